The highest BCUT2D eigenvalue weighted by Crippen LogP contribution is 2.37. The van der Waals surface area contributed by atoms with E-state index >= 15 is 0 Å². The minimum absolute atomic E-state index is 0.188. The molecule has 0 spiro atoms. The molecule has 3 aromatic rings. The van der Waals surface area contributed by atoms with E-state index in [9.17, 15) is 9.59 Å². The lowest BCUT2D eigenvalue weighted by molar-refractivity contribution is 0.409. The molecule has 1 aliphatic rings. The van der Waals surface area contributed by atoms with Crippen molar-refractivity contribution in [2.45, 2.75) is 26.9 Å². The lowest BCUT2D eigenvalue weighted by Gasteiger charge is -2.33. The summed E-state index contributed by atoms with van der Waals surface area (Å²) in [6.45, 7) is 9.35. The van der Waals surface area contributed by atoms with E-state index in [1.54, 1.807) is 21.1 Å². The first kappa shape index (κ1) is 19.0. The molecule has 0 N–H and O–H groups in total. The Morgan fingerprint density at radius 2 is 2.00 bits per heavy atom. The largest absolute Gasteiger partial charge is 0.495 e. The number of hydrogen-bond donors (Lipinski definition) is 0. The Morgan fingerprint density at radius 3 is 2.69 bits per heavy atom. The van der Waals surface area contributed by atoms with Gasteiger partial charge in [-0.3, -0.25) is 13.9 Å². The number of aromatic nitrogens is 4. The Balaban J connectivity index is 2.03. The van der Waals surface area contributed by atoms with E-state index in [2.05, 4.69) is 18.4 Å². The van der Waals surface area contributed by atoms with Crippen LogP contribution in [0.15, 0.2) is 46.0 Å². The third-order valence-corrected chi connectivity index (χ3v) is 5.25. The van der Waals surface area contributed by atoms with Gasteiger partial charge in [-0.05, 0) is 25.0 Å². The highest BCUT2D eigenvalue weighted by molar-refractivity contribution is 5.78. The molecule has 8 heteroatoms. The number of rotatable bonds is 4. The summed E-state index contributed by atoms with van der Waals surface area (Å²) >= 11 is 0. The lowest BCUT2D eigenvalue weighted by atomic mass is 10.1. The number of aryl methyl sites for hydroxylation is 1. The number of benzene rings is 1. The summed E-state index contributed by atoms with van der Waals surface area (Å²) in [6.07, 6.45) is 0. The number of nitrogens with zero attached hydrogens (tertiary/aromatic N) is 5. The average molecular weight is 395 g/mol. The molecule has 0 amide bonds. The SMILES string of the molecule is C=C(C)Cn1c(=O)c2c(nc3n2C[C@H](C)CN3c2ccccc2OC)n(C)c1=O. The maximum atomic E-state index is 13.2. The zero-order valence-electron chi connectivity index (χ0n) is 17.2. The number of anilines is 2. The van der Waals surface area contributed by atoms with Gasteiger partial charge >= 0.3 is 5.69 Å². The van der Waals surface area contributed by atoms with Crippen LogP contribution in [0.5, 0.6) is 5.75 Å². The van der Waals surface area contributed by atoms with Crippen molar-refractivity contribution >= 4 is 22.8 Å². The van der Waals surface area contributed by atoms with Crippen LogP contribution in [0, 0.1) is 5.92 Å². The second-order valence-electron chi connectivity index (χ2n) is 7.77. The van der Waals surface area contributed by atoms with E-state index in [1.165, 1.54) is 9.13 Å². The van der Waals surface area contributed by atoms with Crippen molar-refractivity contribution in [2.24, 2.45) is 13.0 Å². The second kappa shape index (κ2) is 6.95. The number of allylic oxidation sites excluding steroid dienone is 1. The van der Waals surface area contributed by atoms with Crippen LogP contribution in [0.1, 0.15) is 13.8 Å². The Labute approximate surface area is 168 Å². The molecule has 3 heterocycles. The fourth-order valence-corrected chi connectivity index (χ4v) is 3.97. The van der Waals surface area contributed by atoms with Crippen molar-refractivity contribution < 1.29 is 4.74 Å². The van der Waals surface area contributed by atoms with Crippen LogP contribution in [-0.4, -0.2) is 32.3 Å². The van der Waals surface area contributed by atoms with Gasteiger partial charge in [-0.25, -0.2) is 4.79 Å². The van der Waals surface area contributed by atoms with Crippen molar-refractivity contribution in [1.82, 2.24) is 18.7 Å². The summed E-state index contributed by atoms with van der Waals surface area (Å²) in [5.74, 6) is 1.65. The quantitative estimate of drug-likeness (QED) is 0.634. The van der Waals surface area contributed by atoms with E-state index < -0.39 is 5.69 Å². The molecule has 0 saturated heterocycles. The van der Waals surface area contributed by atoms with Gasteiger partial charge < -0.3 is 14.2 Å². The van der Waals surface area contributed by atoms with Crippen LogP contribution >= 0.6 is 0 Å². The van der Waals surface area contributed by atoms with Crippen molar-refractivity contribution in [3.63, 3.8) is 0 Å². The first-order chi connectivity index (χ1) is 13.8. The van der Waals surface area contributed by atoms with Gasteiger partial charge in [-0.1, -0.05) is 31.2 Å². The Hall–Kier alpha value is -3.29. The first-order valence-corrected chi connectivity index (χ1v) is 9.58. The van der Waals surface area contributed by atoms with E-state index in [-0.39, 0.29) is 18.0 Å². The summed E-state index contributed by atoms with van der Waals surface area (Å²) in [5, 5.41) is 0. The predicted octanol–water partition coefficient (Wildman–Crippen LogP) is 2.27. The minimum Gasteiger partial charge on any atom is -0.495 e. The summed E-state index contributed by atoms with van der Waals surface area (Å²) in [4.78, 5) is 32.8. The number of ether oxygens (including phenoxy) is 1. The molecule has 0 bridgehead atoms. The van der Waals surface area contributed by atoms with Crippen LogP contribution < -0.4 is 20.9 Å². The molecule has 2 aromatic heterocycles. The minimum atomic E-state index is -0.391. The third kappa shape index (κ3) is 2.95. The molecule has 29 heavy (non-hydrogen) atoms. The third-order valence-electron chi connectivity index (χ3n) is 5.25. The summed E-state index contributed by atoms with van der Waals surface area (Å²) in [6, 6.07) is 7.73. The highest BCUT2D eigenvalue weighted by Gasteiger charge is 2.30. The maximum Gasteiger partial charge on any atom is 0.332 e. The monoisotopic (exact) mass is 395 g/mol. The standard InChI is InChI=1S/C21H25N5O3/c1-13(2)10-26-19(27)17-18(23(4)21(26)28)22-20-24(11-14(3)12-25(17)20)15-8-6-7-9-16(15)29-5/h6-9,14H,1,10-12H2,2-5H3/t14-/m1/s1. The molecule has 0 aliphatic carbocycles. The second-order valence-corrected chi connectivity index (χ2v) is 7.77. The van der Waals surface area contributed by atoms with Crippen LogP contribution in [0.4, 0.5) is 11.6 Å². The van der Waals surface area contributed by atoms with Gasteiger partial charge in [-0.15, -0.1) is 0 Å². The van der Waals surface area contributed by atoms with Crippen molar-refractivity contribution in [1.29, 1.82) is 0 Å². The molecule has 0 unspecified atom stereocenters. The summed E-state index contributed by atoms with van der Waals surface area (Å²) in [5.41, 5.74) is 1.73. The zero-order valence-corrected chi connectivity index (χ0v) is 17.2. The molecule has 8 nitrogen and oxygen atoms in total. The smallest absolute Gasteiger partial charge is 0.332 e. The molecule has 1 aromatic carbocycles. The molecule has 1 aliphatic heterocycles. The normalized spacial score (nSPS) is 16.1. The Bertz CT molecular complexity index is 1230. The molecule has 0 radical (unpaired) electrons. The Morgan fingerprint density at radius 1 is 1.28 bits per heavy atom. The van der Waals surface area contributed by atoms with Crippen molar-refractivity contribution in [3.05, 3.63) is 57.3 Å². The molecular weight excluding hydrogens is 370 g/mol. The van der Waals surface area contributed by atoms with Gasteiger partial charge in [-0.2, -0.15) is 4.98 Å². The molecular formula is C21H25N5O3. The number of imidazole rings is 1. The average Bonchev–Trinajstić information content (AvgIpc) is 3.08. The molecule has 1 atom stereocenters. The van der Waals surface area contributed by atoms with Gasteiger partial charge in [0, 0.05) is 20.1 Å². The molecule has 0 fully saturated rings. The summed E-state index contributed by atoms with van der Waals surface area (Å²) in [7, 11) is 3.28. The maximum absolute atomic E-state index is 13.2. The van der Waals surface area contributed by atoms with Crippen molar-refractivity contribution in [2.75, 3.05) is 18.6 Å². The van der Waals surface area contributed by atoms with E-state index in [0.717, 1.165) is 23.6 Å². The number of methoxy groups -OCH3 is 1. The Kier molecular flexibility index (Phi) is 4.56. The topological polar surface area (TPSA) is 74.3 Å². The summed E-state index contributed by atoms with van der Waals surface area (Å²) < 4.78 is 10.1. The fraction of sp³-hybridized carbons (Fsp3) is 0.381. The molecule has 152 valence electrons. The van der Waals surface area contributed by atoms with Gasteiger partial charge in [0.25, 0.3) is 5.56 Å². The van der Waals surface area contributed by atoms with E-state index in [4.69, 9.17) is 9.72 Å². The number of hydrogen-bond acceptors (Lipinski definition) is 5. The molecule has 0 saturated carbocycles. The number of para-hydroxylation sites is 2. The highest BCUT2D eigenvalue weighted by atomic mass is 16.5. The van der Waals surface area contributed by atoms with Crippen LogP contribution in [0.25, 0.3) is 11.2 Å². The van der Waals surface area contributed by atoms with Gasteiger partial charge in [0.2, 0.25) is 5.95 Å². The zero-order chi connectivity index (χ0) is 20.9. The van der Waals surface area contributed by atoms with Crippen LogP contribution in [0.2, 0.25) is 0 Å². The van der Waals surface area contributed by atoms with Crippen molar-refractivity contribution in [3.8, 4) is 5.75 Å². The fourth-order valence-electron chi connectivity index (χ4n) is 3.97. The van der Waals surface area contributed by atoms with Gasteiger partial charge in [0.05, 0.1) is 19.3 Å². The number of fused-ring (bicyclic) bond motifs is 3. The van der Waals surface area contributed by atoms with Crippen LogP contribution in [0.3, 0.4) is 0 Å². The van der Waals surface area contributed by atoms with Crippen LogP contribution in [-0.2, 0) is 20.1 Å². The van der Waals surface area contributed by atoms with E-state index in [0.29, 0.717) is 23.7 Å². The van der Waals surface area contributed by atoms with Gasteiger partial charge in [0.15, 0.2) is 11.2 Å². The first-order valence-electron chi connectivity index (χ1n) is 9.58. The lowest BCUT2D eigenvalue weighted by Crippen LogP contribution is -2.40. The molecule has 4 rings (SSSR count). The predicted molar refractivity (Wildman–Crippen MR) is 113 cm³/mol. The van der Waals surface area contributed by atoms with E-state index in [1.807, 2.05) is 28.8 Å². The van der Waals surface area contributed by atoms with Gasteiger partial charge in [0.1, 0.15) is 5.75 Å².